The topological polar surface area (TPSA) is 41.1 Å². The predicted octanol–water partition coefficient (Wildman–Crippen LogP) is 2.77. The van der Waals surface area contributed by atoms with Crippen LogP contribution in [0, 0.1) is 5.82 Å². The van der Waals surface area contributed by atoms with Crippen molar-refractivity contribution in [3.05, 3.63) is 65.0 Å². The van der Waals surface area contributed by atoms with E-state index in [0.717, 1.165) is 24.2 Å². The number of halogens is 1. The van der Waals surface area contributed by atoms with Gasteiger partial charge in [-0.15, -0.1) is 0 Å². The van der Waals surface area contributed by atoms with Crippen LogP contribution in [0.3, 0.4) is 0 Å². The third-order valence-electron chi connectivity index (χ3n) is 3.67. The van der Waals surface area contributed by atoms with Crippen LogP contribution < -0.4 is 10.6 Å². The largest absolute Gasteiger partial charge is 0.384 e. The lowest BCUT2D eigenvalue weighted by molar-refractivity contribution is 0.0954. The molecular formula is C17H17FN2O. The van der Waals surface area contributed by atoms with Crippen LogP contribution in [0.5, 0.6) is 0 Å². The van der Waals surface area contributed by atoms with Crippen LogP contribution in [0.15, 0.2) is 42.5 Å². The summed E-state index contributed by atoms with van der Waals surface area (Å²) in [4.78, 5) is 12.1. The lowest BCUT2D eigenvalue weighted by Crippen LogP contribution is -2.25. The standard InChI is InChI=1S/C17H17FN2O/c18-15-3-1-2-12(10-15)6-8-20-17(21)14-4-5-16-13(11-14)7-9-19-16/h1-5,10-11,19H,6-9H2,(H,20,21). The highest BCUT2D eigenvalue weighted by molar-refractivity contribution is 5.95. The molecule has 3 rings (SSSR count). The Hall–Kier alpha value is -2.36. The van der Waals surface area contributed by atoms with E-state index in [2.05, 4.69) is 10.6 Å². The number of benzene rings is 2. The van der Waals surface area contributed by atoms with Crippen LogP contribution >= 0.6 is 0 Å². The lowest BCUT2D eigenvalue weighted by Gasteiger charge is -2.07. The molecule has 1 aliphatic heterocycles. The van der Waals surface area contributed by atoms with Gasteiger partial charge in [0, 0.05) is 24.3 Å². The van der Waals surface area contributed by atoms with Crippen molar-refractivity contribution in [3.63, 3.8) is 0 Å². The van der Waals surface area contributed by atoms with E-state index in [9.17, 15) is 9.18 Å². The summed E-state index contributed by atoms with van der Waals surface area (Å²) in [6, 6.07) is 12.2. The number of amides is 1. The monoisotopic (exact) mass is 284 g/mol. The van der Waals surface area contributed by atoms with Crippen molar-refractivity contribution in [2.45, 2.75) is 12.8 Å². The van der Waals surface area contributed by atoms with Gasteiger partial charge in [-0.3, -0.25) is 4.79 Å². The van der Waals surface area contributed by atoms with Crippen molar-refractivity contribution in [1.29, 1.82) is 0 Å². The molecule has 2 aromatic carbocycles. The molecule has 21 heavy (non-hydrogen) atoms. The Morgan fingerprint density at radius 1 is 1.24 bits per heavy atom. The molecule has 0 atom stereocenters. The maximum atomic E-state index is 13.1. The number of carbonyl (C=O) groups excluding carboxylic acids is 1. The Labute approximate surface area is 123 Å². The van der Waals surface area contributed by atoms with E-state index in [4.69, 9.17) is 0 Å². The number of nitrogens with one attached hydrogen (secondary N) is 2. The summed E-state index contributed by atoms with van der Waals surface area (Å²) in [7, 11) is 0. The van der Waals surface area contributed by atoms with Gasteiger partial charge in [-0.1, -0.05) is 12.1 Å². The molecule has 1 amide bonds. The number of rotatable bonds is 4. The Morgan fingerprint density at radius 3 is 3.00 bits per heavy atom. The van der Waals surface area contributed by atoms with E-state index in [-0.39, 0.29) is 11.7 Å². The molecule has 3 nitrogen and oxygen atoms in total. The number of anilines is 1. The Kier molecular flexibility index (Phi) is 3.86. The van der Waals surface area contributed by atoms with Gasteiger partial charge >= 0.3 is 0 Å². The molecule has 2 aromatic rings. The van der Waals surface area contributed by atoms with Gasteiger partial charge in [-0.25, -0.2) is 4.39 Å². The normalized spacial score (nSPS) is 12.6. The van der Waals surface area contributed by atoms with Crippen molar-refractivity contribution in [2.24, 2.45) is 0 Å². The first-order valence-electron chi connectivity index (χ1n) is 7.12. The van der Waals surface area contributed by atoms with E-state index in [1.54, 1.807) is 6.07 Å². The molecule has 1 aliphatic rings. The quantitative estimate of drug-likeness (QED) is 0.906. The van der Waals surface area contributed by atoms with Gasteiger partial charge in [0.05, 0.1) is 0 Å². The van der Waals surface area contributed by atoms with Crippen LogP contribution in [0.4, 0.5) is 10.1 Å². The van der Waals surface area contributed by atoms with E-state index < -0.39 is 0 Å². The molecular weight excluding hydrogens is 267 g/mol. The molecule has 2 N–H and O–H groups in total. The molecule has 0 saturated carbocycles. The molecule has 0 spiro atoms. The van der Waals surface area contributed by atoms with Gasteiger partial charge < -0.3 is 10.6 Å². The van der Waals surface area contributed by atoms with Gasteiger partial charge in [0.25, 0.3) is 5.91 Å². The van der Waals surface area contributed by atoms with Crippen LogP contribution in [-0.2, 0) is 12.8 Å². The maximum Gasteiger partial charge on any atom is 0.251 e. The first-order chi connectivity index (χ1) is 10.2. The summed E-state index contributed by atoms with van der Waals surface area (Å²) in [5.74, 6) is -0.328. The zero-order valence-corrected chi connectivity index (χ0v) is 11.7. The molecule has 0 radical (unpaired) electrons. The zero-order chi connectivity index (χ0) is 14.7. The molecule has 0 unspecified atom stereocenters. The fourth-order valence-electron chi connectivity index (χ4n) is 2.56. The minimum Gasteiger partial charge on any atom is -0.384 e. The van der Waals surface area contributed by atoms with Crippen molar-refractivity contribution in [3.8, 4) is 0 Å². The second-order valence-electron chi connectivity index (χ2n) is 5.18. The number of hydrogen-bond acceptors (Lipinski definition) is 2. The van der Waals surface area contributed by atoms with Gasteiger partial charge in [-0.2, -0.15) is 0 Å². The van der Waals surface area contributed by atoms with Gasteiger partial charge in [-0.05, 0) is 54.3 Å². The van der Waals surface area contributed by atoms with Crippen molar-refractivity contribution < 1.29 is 9.18 Å². The van der Waals surface area contributed by atoms with Crippen LogP contribution in [0.25, 0.3) is 0 Å². The van der Waals surface area contributed by atoms with E-state index in [1.807, 2.05) is 24.3 Å². The van der Waals surface area contributed by atoms with Crippen molar-refractivity contribution in [2.75, 3.05) is 18.4 Å². The number of hydrogen-bond donors (Lipinski definition) is 2. The van der Waals surface area contributed by atoms with Crippen LogP contribution in [0.1, 0.15) is 21.5 Å². The highest BCUT2D eigenvalue weighted by Gasteiger charge is 2.13. The maximum absolute atomic E-state index is 13.1. The predicted molar refractivity (Wildman–Crippen MR) is 81.1 cm³/mol. The van der Waals surface area contributed by atoms with E-state index in [1.165, 1.54) is 17.7 Å². The molecule has 0 aromatic heterocycles. The smallest absolute Gasteiger partial charge is 0.251 e. The summed E-state index contributed by atoms with van der Waals surface area (Å²) < 4.78 is 13.1. The van der Waals surface area contributed by atoms with Crippen molar-refractivity contribution >= 4 is 11.6 Å². The van der Waals surface area contributed by atoms with E-state index in [0.29, 0.717) is 18.5 Å². The summed E-state index contributed by atoms with van der Waals surface area (Å²) >= 11 is 0. The molecule has 108 valence electrons. The van der Waals surface area contributed by atoms with Crippen molar-refractivity contribution in [1.82, 2.24) is 5.32 Å². The molecule has 0 saturated heterocycles. The van der Waals surface area contributed by atoms with Gasteiger partial charge in [0.15, 0.2) is 0 Å². The third-order valence-corrected chi connectivity index (χ3v) is 3.67. The Balaban J connectivity index is 1.57. The molecule has 0 bridgehead atoms. The SMILES string of the molecule is O=C(NCCc1cccc(F)c1)c1ccc2c(c1)CCN2. The highest BCUT2D eigenvalue weighted by Crippen LogP contribution is 2.22. The highest BCUT2D eigenvalue weighted by atomic mass is 19.1. The molecule has 4 heteroatoms. The minimum atomic E-state index is -0.245. The molecule has 0 aliphatic carbocycles. The number of carbonyl (C=O) groups is 1. The first-order valence-corrected chi connectivity index (χ1v) is 7.12. The lowest BCUT2D eigenvalue weighted by atomic mass is 10.1. The second-order valence-corrected chi connectivity index (χ2v) is 5.18. The first kappa shape index (κ1) is 13.6. The molecule has 0 fully saturated rings. The Morgan fingerprint density at radius 2 is 2.14 bits per heavy atom. The summed E-state index contributed by atoms with van der Waals surface area (Å²) in [6.45, 7) is 1.43. The average Bonchev–Trinajstić information content (AvgIpc) is 2.94. The second kappa shape index (κ2) is 5.95. The summed E-state index contributed by atoms with van der Waals surface area (Å²) in [5.41, 5.74) is 3.87. The summed E-state index contributed by atoms with van der Waals surface area (Å²) in [6.07, 6.45) is 1.58. The summed E-state index contributed by atoms with van der Waals surface area (Å²) in [5, 5.41) is 6.15. The average molecular weight is 284 g/mol. The van der Waals surface area contributed by atoms with Crippen LogP contribution in [0.2, 0.25) is 0 Å². The van der Waals surface area contributed by atoms with E-state index >= 15 is 0 Å². The zero-order valence-electron chi connectivity index (χ0n) is 11.7. The fraction of sp³-hybridized carbons (Fsp3) is 0.235. The fourth-order valence-corrected chi connectivity index (χ4v) is 2.56. The van der Waals surface area contributed by atoms with Gasteiger partial charge in [0.1, 0.15) is 5.82 Å². The van der Waals surface area contributed by atoms with Crippen LogP contribution in [-0.4, -0.2) is 19.0 Å². The number of fused-ring (bicyclic) bond motifs is 1. The van der Waals surface area contributed by atoms with Gasteiger partial charge in [0.2, 0.25) is 0 Å². The molecule has 1 heterocycles. The Bertz CT molecular complexity index is 670. The minimum absolute atomic E-state index is 0.0823. The third kappa shape index (κ3) is 3.21.